The Morgan fingerprint density at radius 2 is 2.29 bits per heavy atom. The average molecular weight is 353 g/mol. The molecule has 3 heterocycles. The summed E-state index contributed by atoms with van der Waals surface area (Å²) in [5.74, 6) is 0.841. The SMILES string of the molecule is CCCc1cc(NCC2CN(S(C)(=O)=O)CCO2)n2nccc2n1. The minimum absolute atomic E-state index is 0.193. The Kier molecular flexibility index (Phi) is 5.02. The van der Waals surface area contributed by atoms with E-state index < -0.39 is 10.0 Å². The second kappa shape index (κ2) is 7.04. The van der Waals surface area contributed by atoms with Crippen LogP contribution in [0.15, 0.2) is 18.3 Å². The molecule has 3 rings (SSSR count). The molecule has 0 bridgehead atoms. The van der Waals surface area contributed by atoms with Crippen molar-refractivity contribution in [2.75, 3.05) is 37.8 Å². The third-order valence-corrected chi connectivity index (χ3v) is 5.27. The van der Waals surface area contributed by atoms with Gasteiger partial charge in [-0.2, -0.15) is 13.9 Å². The summed E-state index contributed by atoms with van der Waals surface area (Å²) in [7, 11) is -3.18. The van der Waals surface area contributed by atoms with Gasteiger partial charge >= 0.3 is 0 Å². The van der Waals surface area contributed by atoms with Crippen molar-refractivity contribution >= 4 is 21.5 Å². The number of aromatic nitrogens is 3. The highest BCUT2D eigenvalue weighted by molar-refractivity contribution is 7.88. The fourth-order valence-corrected chi connectivity index (χ4v) is 3.65. The van der Waals surface area contributed by atoms with Crippen molar-refractivity contribution < 1.29 is 13.2 Å². The van der Waals surface area contributed by atoms with Crippen LogP contribution in [0.4, 0.5) is 5.82 Å². The fraction of sp³-hybridized carbons (Fsp3) is 0.600. The summed E-state index contributed by atoms with van der Waals surface area (Å²) in [5, 5.41) is 7.61. The molecule has 132 valence electrons. The fourth-order valence-electron chi connectivity index (χ4n) is 2.81. The maximum Gasteiger partial charge on any atom is 0.211 e. The van der Waals surface area contributed by atoms with Crippen LogP contribution >= 0.6 is 0 Å². The zero-order valence-corrected chi connectivity index (χ0v) is 14.8. The normalized spacial score (nSPS) is 19.7. The largest absolute Gasteiger partial charge is 0.374 e. The van der Waals surface area contributed by atoms with E-state index in [0.29, 0.717) is 26.2 Å². The molecule has 1 atom stereocenters. The molecule has 1 aliphatic heterocycles. The molecule has 0 aromatic carbocycles. The van der Waals surface area contributed by atoms with Crippen LogP contribution in [0.1, 0.15) is 19.0 Å². The van der Waals surface area contributed by atoms with Gasteiger partial charge in [0.25, 0.3) is 0 Å². The second-order valence-electron chi connectivity index (χ2n) is 5.98. The van der Waals surface area contributed by atoms with E-state index in [4.69, 9.17) is 4.74 Å². The number of rotatable bonds is 6. The van der Waals surface area contributed by atoms with Gasteiger partial charge in [-0.15, -0.1) is 0 Å². The van der Waals surface area contributed by atoms with E-state index >= 15 is 0 Å². The first kappa shape index (κ1) is 17.1. The third kappa shape index (κ3) is 3.85. The monoisotopic (exact) mass is 353 g/mol. The summed E-state index contributed by atoms with van der Waals surface area (Å²) < 4.78 is 32.3. The Balaban J connectivity index is 1.72. The van der Waals surface area contributed by atoms with E-state index in [-0.39, 0.29) is 6.10 Å². The number of anilines is 1. The summed E-state index contributed by atoms with van der Waals surface area (Å²) in [6.45, 7) is 3.81. The Morgan fingerprint density at radius 1 is 1.46 bits per heavy atom. The smallest absolute Gasteiger partial charge is 0.211 e. The molecule has 0 amide bonds. The van der Waals surface area contributed by atoms with Crippen molar-refractivity contribution in [3.63, 3.8) is 0 Å². The molecule has 8 nitrogen and oxygen atoms in total. The van der Waals surface area contributed by atoms with E-state index in [2.05, 4.69) is 22.3 Å². The zero-order chi connectivity index (χ0) is 17.2. The number of sulfonamides is 1. The van der Waals surface area contributed by atoms with Crippen molar-refractivity contribution in [1.29, 1.82) is 0 Å². The minimum atomic E-state index is -3.18. The van der Waals surface area contributed by atoms with Crippen molar-refractivity contribution in [3.05, 3.63) is 24.0 Å². The van der Waals surface area contributed by atoms with Crippen LogP contribution < -0.4 is 5.32 Å². The van der Waals surface area contributed by atoms with Gasteiger partial charge in [0.05, 0.1) is 25.2 Å². The van der Waals surface area contributed by atoms with E-state index in [1.807, 2.05) is 12.1 Å². The molecule has 1 aliphatic rings. The Labute approximate surface area is 141 Å². The predicted molar refractivity (Wildman–Crippen MR) is 91.6 cm³/mol. The first-order valence-corrected chi connectivity index (χ1v) is 9.96. The molecule has 9 heteroatoms. The van der Waals surface area contributed by atoms with Crippen LogP contribution in [0.3, 0.4) is 0 Å². The molecule has 1 saturated heterocycles. The molecule has 1 fully saturated rings. The maximum absolute atomic E-state index is 11.7. The number of hydrogen-bond acceptors (Lipinski definition) is 6. The van der Waals surface area contributed by atoms with Crippen LogP contribution in [0, 0.1) is 0 Å². The molecule has 2 aromatic rings. The first-order valence-electron chi connectivity index (χ1n) is 8.11. The van der Waals surface area contributed by atoms with Crippen molar-refractivity contribution in [2.24, 2.45) is 0 Å². The maximum atomic E-state index is 11.7. The van der Waals surface area contributed by atoms with Gasteiger partial charge in [-0.1, -0.05) is 13.3 Å². The standard InChI is InChI=1S/C15H23N5O3S/c1-3-4-12-9-15(20-14(18-12)5-6-17-20)16-10-13-11-19(7-8-23-13)24(2,21)22/h5-6,9,13,16H,3-4,7-8,10-11H2,1-2H3. The highest BCUT2D eigenvalue weighted by atomic mass is 32.2. The number of ether oxygens (including phenoxy) is 1. The van der Waals surface area contributed by atoms with Gasteiger partial charge in [-0.25, -0.2) is 13.4 Å². The number of nitrogens with one attached hydrogen (secondary N) is 1. The van der Waals surface area contributed by atoms with E-state index in [1.165, 1.54) is 10.6 Å². The van der Waals surface area contributed by atoms with Crippen LogP contribution in [-0.4, -0.2) is 65.9 Å². The highest BCUT2D eigenvalue weighted by Gasteiger charge is 2.26. The van der Waals surface area contributed by atoms with Gasteiger partial charge < -0.3 is 10.1 Å². The molecule has 24 heavy (non-hydrogen) atoms. The van der Waals surface area contributed by atoms with Crippen molar-refractivity contribution in [1.82, 2.24) is 18.9 Å². The average Bonchev–Trinajstić information content (AvgIpc) is 3.01. The van der Waals surface area contributed by atoms with Gasteiger partial charge in [0.1, 0.15) is 5.82 Å². The lowest BCUT2D eigenvalue weighted by molar-refractivity contribution is 0.00698. The number of aryl methyl sites for hydroxylation is 1. The van der Waals surface area contributed by atoms with Gasteiger partial charge in [0, 0.05) is 37.5 Å². The van der Waals surface area contributed by atoms with Gasteiger partial charge in [0.15, 0.2) is 5.65 Å². The Bertz CT molecular complexity index is 805. The van der Waals surface area contributed by atoms with Gasteiger partial charge in [0.2, 0.25) is 10.0 Å². The molecule has 1 unspecified atom stereocenters. The number of morpholine rings is 1. The highest BCUT2D eigenvalue weighted by Crippen LogP contribution is 2.15. The number of fused-ring (bicyclic) bond motifs is 1. The molecule has 0 spiro atoms. The zero-order valence-electron chi connectivity index (χ0n) is 14.0. The van der Waals surface area contributed by atoms with Crippen LogP contribution in [0.2, 0.25) is 0 Å². The Hall–Kier alpha value is -1.71. The molecule has 1 N–H and O–H groups in total. The molecular weight excluding hydrogens is 330 g/mol. The molecular formula is C15H23N5O3S. The van der Waals surface area contributed by atoms with Crippen LogP contribution in [0.25, 0.3) is 5.65 Å². The minimum Gasteiger partial charge on any atom is -0.374 e. The summed E-state index contributed by atoms with van der Waals surface area (Å²) in [5.41, 5.74) is 1.81. The first-order chi connectivity index (χ1) is 11.5. The number of nitrogens with zero attached hydrogens (tertiary/aromatic N) is 4. The van der Waals surface area contributed by atoms with E-state index in [1.54, 1.807) is 10.7 Å². The topological polar surface area (TPSA) is 88.8 Å². The summed E-state index contributed by atoms with van der Waals surface area (Å²) in [6.07, 6.45) is 4.67. The quantitative estimate of drug-likeness (QED) is 0.825. The molecule has 0 aliphatic carbocycles. The molecule has 2 aromatic heterocycles. The number of hydrogen-bond donors (Lipinski definition) is 1. The van der Waals surface area contributed by atoms with Crippen molar-refractivity contribution in [2.45, 2.75) is 25.9 Å². The Morgan fingerprint density at radius 3 is 3.04 bits per heavy atom. The lowest BCUT2D eigenvalue weighted by atomic mass is 10.2. The second-order valence-corrected chi connectivity index (χ2v) is 7.96. The summed E-state index contributed by atoms with van der Waals surface area (Å²) >= 11 is 0. The van der Waals surface area contributed by atoms with Crippen molar-refractivity contribution in [3.8, 4) is 0 Å². The third-order valence-electron chi connectivity index (χ3n) is 4.00. The van der Waals surface area contributed by atoms with E-state index in [9.17, 15) is 8.42 Å². The predicted octanol–water partition coefficient (Wildman–Crippen LogP) is 0.754. The van der Waals surface area contributed by atoms with E-state index in [0.717, 1.165) is 30.0 Å². The summed E-state index contributed by atoms with van der Waals surface area (Å²) in [6, 6.07) is 3.85. The van der Waals surface area contributed by atoms with Gasteiger partial charge in [-0.05, 0) is 6.42 Å². The van der Waals surface area contributed by atoms with Crippen LogP contribution in [0.5, 0.6) is 0 Å². The van der Waals surface area contributed by atoms with Crippen LogP contribution in [-0.2, 0) is 21.2 Å². The molecule has 0 radical (unpaired) electrons. The molecule has 0 saturated carbocycles. The lowest BCUT2D eigenvalue weighted by Gasteiger charge is -2.31. The lowest BCUT2D eigenvalue weighted by Crippen LogP contribution is -2.47. The summed E-state index contributed by atoms with van der Waals surface area (Å²) in [4.78, 5) is 4.57. The van der Waals surface area contributed by atoms with Gasteiger partial charge in [-0.3, -0.25) is 0 Å².